The van der Waals surface area contributed by atoms with Crippen LogP contribution >= 0.6 is 23.2 Å². The van der Waals surface area contributed by atoms with Crippen molar-refractivity contribution in [2.24, 2.45) is 5.73 Å². The number of halogens is 2. The Morgan fingerprint density at radius 1 is 1.11 bits per heavy atom. The lowest BCUT2D eigenvalue weighted by Crippen LogP contribution is -2.05. The molecule has 0 aromatic heterocycles. The van der Waals surface area contributed by atoms with E-state index >= 15 is 0 Å². The van der Waals surface area contributed by atoms with Crippen molar-refractivity contribution in [1.29, 1.82) is 0 Å². The Morgan fingerprint density at radius 3 is 2.37 bits per heavy atom. The molecule has 2 aromatic carbocycles. The molecule has 0 saturated carbocycles. The third-order valence-electron chi connectivity index (χ3n) is 2.79. The summed E-state index contributed by atoms with van der Waals surface area (Å²) in [6, 6.07) is 13.1. The number of hydrogen-bond acceptors (Lipinski definition) is 2. The molecule has 0 heterocycles. The lowest BCUT2D eigenvalue weighted by Gasteiger charge is -2.11. The molecule has 0 aliphatic carbocycles. The summed E-state index contributed by atoms with van der Waals surface area (Å²) in [4.78, 5) is 0. The average molecular weight is 296 g/mol. The third kappa shape index (κ3) is 3.87. The Bertz CT molecular complexity index is 553. The minimum absolute atomic E-state index is 0.0391. The fraction of sp³-hybridized carbons (Fsp3) is 0.200. The standard InChI is InChI=1S/C15H15Cl2NO/c1-10(18)12-4-7-15(14(17)8-12)19-9-11-2-5-13(16)6-3-11/h2-8,10H,9,18H2,1H3. The first-order valence-corrected chi connectivity index (χ1v) is 6.74. The van der Waals surface area contributed by atoms with Crippen LogP contribution in [0.1, 0.15) is 24.1 Å². The SMILES string of the molecule is CC(N)c1ccc(OCc2ccc(Cl)cc2)c(Cl)c1. The lowest BCUT2D eigenvalue weighted by atomic mass is 10.1. The number of rotatable bonds is 4. The largest absolute Gasteiger partial charge is 0.487 e. The monoisotopic (exact) mass is 295 g/mol. The van der Waals surface area contributed by atoms with Crippen molar-refractivity contribution in [3.8, 4) is 5.75 Å². The molecule has 19 heavy (non-hydrogen) atoms. The van der Waals surface area contributed by atoms with Crippen LogP contribution in [-0.2, 0) is 6.61 Å². The number of benzene rings is 2. The van der Waals surface area contributed by atoms with Crippen molar-refractivity contribution in [3.05, 3.63) is 63.6 Å². The van der Waals surface area contributed by atoms with Gasteiger partial charge in [0.1, 0.15) is 12.4 Å². The van der Waals surface area contributed by atoms with Gasteiger partial charge < -0.3 is 10.5 Å². The van der Waals surface area contributed by atoms with Crippen LogP contribution < -0.4 is 10.5 Å². The highest BCUT2D eigenvalue weighted by molar-refractivity contribution is 6.32. The van der Waals surface area contributed by atoms with Crippen LogP contribution in [0.25, 0.3) is 0 Å². The van der Waals surface area contributed by atoms with Gasteiger partial charge in [-0.15, -0.1) is 0 Å². The van der Waals surface area contributed by atoms with Crippen LogP contribution in [-0.4, -0.2) is 0 Å². The molecule has 0 amide bonds. The number of nitrogens with two attached hydrogens (primary N) is 1. The summed E-state index contributed by atoms with van der Waals surface area (Å²) < 4.78 is 5.68. The fourth-order valence-corrected chi connectivity index (χ4v) is 2.03. The molecule has 1 atom stereocenters. The van der Waals surface area contributed by atoms with E-state index in [-0.39, 0.29) is 6.04 Å². The van der Waals surface area contributed by atoms with Crippen LogP contribution in [0.5, 0.6) is 5.75 Å². The van der Waals surface area contributed by atoms with Crippen LogP contribution in [0.2, 0.25) is 10.0 Å². The number of ether oxygens (including phenoxy) is 1. The summed E-state index contributed by atoms with van der Waals surface area (Å²) in [6.45, 7) is 2.37. The molecule has 0 aliphatic heterocycles. The molecule has 0 aliphatic rings. The van der Waals surface area contributed by atoms with Gasteiger partial charge in [0, 0.05) is 11.1 Å². The van der Waals surface area contributed by atoms with Gasteiger partial charge in [0.25, 0.3) is 0 Å². The van der Waals surface area contributed by atoms with Crippen molar-refractivity contribution < 1.29 is 4.74 Å². The van der Waals surface area contributed by atoms with Crippen LogP contribution in [0.4, 0.5) is 0 Å². The molecule has 2 rings (SSSR count). The van der Waals surface area contributed by atoms with E-state index < -0.39 is 0 Å². The third-order valence-corrected chi connectivity index (χ3v) is 3.34. The van der Waals surface area contributed by atoms with Gasteiger partial charge in [-0.1, -0.05) is 41.4 Å². The van der Waals surface area contributed by atoms with Gasteiger partial charge in [-0.2, -0.15) is 0 Å². The Hall–Kier alpha value is -1.22. The van der Waals surface area contributed by atoms with Crippen LogP contribution in [0.3, 0.4) is 0 Å². The predicted octanol–water partition coefficient (Wildman–Crippen LogP) is 4.59. The predicted molar refractivity (Wildman–Crippen MR) is 79.8 cm³/mol. The maximum Gasteiger partial charge on any atom is 0.138 e. The molecule has 0 saturated heterocycles. The summed E-state index contributed by atoms with van der Waals surface area (Å²) in [6.07, 6.45) is 0. The maximum absolute atomic E-state index is 6.16. The van der Waals surface area contributed by atoms with Crippen molar-refractivity contribution >= 4 is 23.2 Å². The van der Waals surface area contributed by atoms with E-state index in [0.29, 0.717) is 22.4 Å². The van der Waals surface area contributed by atoms with Gasteiger partial charge in [0.05, 0.1) is 5.02 Å². The van der Waals surface area contributed by atoms with Crippen molar-refractivity contribution in [2.45, 2.75) is 19.6 Å². The molecule has 0 fully saturated rings. The molecular formula is C15H15Cl2NO. The van der Waals surface area contributed by atoms with Crippen LogP contribution in [0.15, 0.2) is 42.5 Å². The second-order valence-electron chi connectivity index (χ2n) is 4.39. The Labute approximate surface area is 123 Å². The second-order valence-corrected chi connectivity index (χ2v) is 5.24. The summed E-state index contributed by atoms with van der Waals surface area (Å²) in [7, 11) is 0. The maximum atomic E-state index is 6.16. The smallest absolute Gasteiger partial charge is 0.138 e. The first kappa shape index (κ1) is 14.2. The highest BCUT2D eigenvalue weighted by atomic mass is 35.5. The van der Waals surface area contributed by atoms with E-state index in [1.807, 2.05) is 49.4 Å². The van der Waals surface area contributed by atoms with Gasteiger partial charge in [0.15, 0.2) is 0 Å². The van der Waals surface area contributed by atoms with E-state index in [4.69, 9.17) is 33.7 Å². The molecule has 2 aromatic rings. The zero-order valence-electron chi connectivity index (χ0n) is 10.6. The molecule has 100 valence electrons. The first-order valence-electron chi connectivity index (χ1n) is 5.98. The highest BCUT2D eigenvalue weighted by Crippen LogP contribution is 2.28. The van der Waals surface area contributed by atoms with Gasteiger partial charge in [0.2, 0.25) is 0 Å². The fourth-order valence-electron chi connectivity index (χ4n) is 1.66. The molecular weight excluding hydrogens is 281 g/mol. The molecule has 2 nitrogen and oxygen atoms in total. The molecule has 0 radical (unpaired) electrons. The van der Waals surface area contributed by atoms with Gasteiger partial charge in [-0.3, -0.25) is 0 Å². The lowest BCUT2D eigenvalue weighted by molar-refractivity contribution is 0.306. The topological polar surface area (TPSA) is 35.2 Å². The van der Waals surface area contributed by atoms with E-state index in [2.05, 4.69) is 0 Å². The van der Waals surface area contributed by atoms with Crippen LogP contribution in [0, 0.1) is 0 Å². The molecule has 0 bridgehead atoms. The van der Waals surface area contributed by atoms with Crippen molar-refractivity contribution in [1.82, 2.24) is 0 Å². The first-order chi connectivity index (χ1) is 9.06. The Kier molecular flexibility index (Phi) is 4.70. The minimum Gasteiger partial charge on any atom is -0.487 e. The zero-order chi connectivity index (χ0) is 13.8. The Morgan fingerprint density at radius 2 is 1.79 bits per heavy atom. The highest BCUT2D eigenvalue weighted by Gasteiger charge is 2.06. The molecule has 4 heteroatoms. The van der Waals surface area contributed by atoms with Crippen molar-refractivity contribution in [3.63, 3.8) is 0 Å². The van der Waals surface area contributed by atoms with E-state index in [1.165, 1.54) is 0 Å². The quantitative estimate of drug-likeness (QED) is 0.895. The van der Waals surface area contributed by atoms with E-state index in [1.54, 1.807) is 0 Å². The van der Waals surface area contributed by atoms with Crippen molar-refractivity contribution in [2.75, 3.05) is 0 Å². The van der Waals surface area contributed by atoms with Gasteiger partial charge >= 0.3 is 0 Å². The van der Waals surface area contributed by atoms with Gasteiger partial charge in [-0.05, 0) is 42.3 Å². The van der Waals surface area contributed by atoms with E-state index in [9.17, 15) is 0 Å². The summed E-state index contributed by atoms with van der Waals surface area (Å²) in [5.74, 6) is 0.654. The molecule has 0 spiro atoms. The van der Waals surface area contributed by atoms with E-state index in [0.717, 1.165) is 11.1 Å². The minimum atomic E-state index is -0.0391. The molecule has 1 unspecified atom stereocenters. The zero-order valence-corrected chi connectivity index (χ0v) is 12.1. The normalized spacial score (nSPS) is 12.2. The molecule has 2 N–H and O–H groups in total. The summed E-state index contributed by atoms with van der Waals surface area (Å²) in [5, 5.41) is 1.28. The van der Waals surface area contributed by atoms with Gasteiger partial charge in [-0.25, -0.2) is 0 Å². The average Bonchev–Trinajstić information content (AvgIpc) is 2.39. The number of hydrogen-bond donors (Lipinski definition) is 1. The summed E-state index contributed by atoms with van der Waals surface area (Å²) >= 11 is 12.0. The Balaban J connectivity index is 2.05. The summed E-state index contributed by atoms with van der Waals surface area (Å²) in [5.41, 5.74) is 7.83. The second kappa shape index (κ2) is 6.29.